The van der Waals surface area contributed by atoms with Crippen molar-refractivity contribution >= 4 is 0 Å². The third kappa shape index (κ3) is 2.41. The van der Waals surface area contributed by atoms with Gasteiger partial charge in [-0.15, -0.1) is 0 Å². The Balaban J connectivity index is 1.46. The average Bonchev–Trinajstić information content (AvgIpc) is 2.99. The summed E-state index contributed by atoms with van der Waals surface area (Å²) in [5.41, 5.74) is 2.21. The Morgan fingerprint density at radius 2 is 2.25 bits per heavy atom. The SMILES string of the molecule is c1cc2c(cc1-c1noc(CNCC3CC3)n1)CCO2. The Morgan fingerprint density at radius 3 is 3.15 bits per heavy atom. The summed E-state index contributed by atoms with van der Waals surface area (Å²) in [7, 11) is 0. The van der Waals surface area contributed by atoms with Gasteiger partial charge in [0.1, 0.15) is 5.75 Å². The van der Waals surface area contributed by atoms with Gasteiger partial charge < -0.3 is 14.6 Å². The topological polar surface area (TPSA) is 60.2 Å². The molecule has 0 spiro atoms. The van der Waals surface area contributed by atoms with E-state index >= 15 is 0 Å². The van der Waals surface area contributed by atoms with E-state index in [1.54, 1.807) is 0 Å². The quantitative estimate of drug-likeness (QED) is 0.903. The van der Waals surface area contributed by atoms with E-state index in [1.807, 2.05) is 12.1 Å². The molecule has 2 aromatic rings. The predicted octanol–water partition coefficient (Wildman–Crippen LogP) is 2.17. The largest absolute Gasteiger partial charge is 0.493 e. The Kier molecular flexibility index (Phi) is 2.92. The molecule has 0 bridgehead atoms. The van der Waals surface area contributed by atoms with Crippen LogP contribution in [0.25, 0.3) is 11.4 Å². The molecule has 0 saturated heterocycles. The lowest BCUT2D eigenvalue weighted by Gasteiger charge is -1.99. The molecule has 2 aliphatic rings. The molecule has 1 aliphatic carbocycles. The monoisotopic (exact) mass is 271 g/mol. The van der Waals surface area contributed by atoms with Crippen molar-refractivity contribution in [3.8, 4) is 17.1 Å². The highest BCUT2D eigenvalue weighted by molar-refractivity contribution is 5.59. The second-order valence-corrected chi connectivity index (χ2v) is 5.51. The molecule has 1 aliphatic heterocycles. The molecular formula is C15H17N3O2. The highest BCUT2D eigenvalue weighted by Gasteiger charge is 2.21. The number of aromatic nitrogens is 2. The molecule has 1 saturated carbocycles. The van der Waals surface area contributed by atoms with Crippen molar-refractivity contribution in [2.45, 2.75) is 25.8 Å². The van der Waals surface area contributed by atoms with Gasteiger partial charge in [0.05, 0.1) is 13.2 Å². The predicted molar refractivity (Wildman–Crippen MR) is 73.4 cm³/mol. The second-order valence-electron chi connectivity index (χ2n) is 5.51. The zero-order valence-electron chi connectivity index (χ0n) is 11.3. The molecule has 1 N–H and O–H groups in total. The van der Waals surface area contributed by atoms with Crippen LogP contribution in [-0.2, 0) is 13.0 Å². The number of rotatable bonds is 5. The molecule has 4 rings (SSSR count). The first-order valence-electron chi connectivity index (χ1n) is 7.18. The van der Waals surface area contributed by atoms with E-state index in [0.717, 1.165) is 36.8 Å². The van der Waals surface area contributed by atoms with Crippen molar-refractivity contribution in [2.75, 3.05) is 13.2 Å². The minimum atomic E-state index is 0.650. The summed E-state index contributed by atoms with van der Waals surface area (Å²) < 4.78 is 10.8. The molecule has 0 atom stereocenters. The lowest BCUT2D eigenvalue weighted by atomic mass is 10.1. The summed E-state index contributed by atoms with van der Waals surface area (Å²) >= 11 is 0. The number of hydrogen-bond acceptors (Lipinski definition) is 5. The third-order valence-electron chi connectivity index (χ3n) is 3.82. The maximum absolute atomic E-state index is 5.50. The van der Waals surface area contributed by atoms with E-state index in [1.165, 1.54) is 18.4 Å². The first-order valence-corrected chi connectivity index (χ1v) is 7.18. The zero-order chi connectivity index (χ0) is 13.4. The summed E-state index contributed by atoms with van der Waals surface area (Å²) in [6, 6.07) is 6.06. The van der Waals surface area contributed by atoms with Crippen molar-refractivity contribution in [1.29, 1.82) is 0 Å². The van der Waals surface area contributed by atoms with Gasteiger partial charge >= 0.3 is 0 Å². The maximum Gasteiger partial charge on any atom is 0.240 e. The van der Waals surface area contributed by atoms with Crippen molar-refractivity contribution < 1.29 is 9.26 Å². The van der Waals surface area contributed by atoms with Crippen molar-refractivity contribution in [3.63, 3.8) is 0 Å². The molecule has 0 unspecified atom stereocenters. The van der Waals surface area contributed by atoms with Gasteiger partial charge in [-0.1, -0.05) is 5.16 Å². The van der Waals surface area contributed by atoms with E-state index in [-0.39, 0.29) is 0 Å². The molecule has 1 aromatic carbocycles. The van der Waals surface area contributed by atoms with Gasteiger partial charge in [-0.3, -0.25) is 0 Å². The first kappa shape index (κ1) is 11.9. The number of hydrogen-bond donors (Lipinski definition) is 1. The van der Waals surface area contributed by atoms with Gasteiger partial charge in [0, 0.05) is 12.0 Å². The fourth-order valence-electron chi connectivity index (χ4n) is 2.47. The lowest BCUT2D eigenvalue weighted by Crippen LogP contribution is -2.16. The standard InChI is InChI=1S/C15H17N3O2/c1-2-10(1)8-16-9-14-17-15(18-20-14)12-3-4-13-11(7-12)5-6-19-13/h3-4,7,10,16H,1-2,5-6,8-9H2. The molecular weight excluding hydrogens is 254 g/mol. The molecule has 5 heteroatoms. The van der Waals surface area contributed by atoms with Gasteiger partial charge in [-0.05, 0) is 49.1 Å². The Morgan fingerprint density at radius 1 is 1.30 bits per heavy atom. The molecule has 0 radical (unpaired) electrons. The first-order chi connectivity index (χ1) is 9.88. The van der Waals surface area contributed by atoms with Crippen LogP contribution in [0.1, 0.15) is 24.3 Å². The van der Waals surface area contributed by atoms with Crippen LogP contribution in [0, 0.1) is 5.92 Å². The fraction of sp³-hybridized carbons (Fsp3) is 0.467. The Bertz CT molecular complexity index is 619. The van der Waals surface area contributed by atoms with Gasteiger partial charge in [-0.2, -0.15) is 4.98 Å². The number of fused-ring (bicyclic) bond motifs is 1. The fourth-order valence-corrected chi connectivity index (χ4v) is 2.47. The number of benzene rings is 1. The van der Waals surface area contributed by atoms with Gasteiger partial charge in [0.2, 0.25) is 11.7 Å². The Labute approximate surface area is 117 Å². The van der Waals surface area contributed by atoms with Crippen LogP contribution >= 0.6 is 0 Å². The highest BCUT2D eigenvalue weighted by Crippen LogP contribution is 2.29. The molecule has 2 heterocycles. The van der Waals surface area contributed by atoms with Crippen molar-refractivity contribution in [3.05, 3.63) is 29.7 Å². The summed E-state index contributed by atoms with van der Waals surface area (Å²) in [5.74, 6) is 3.14. The molecule has 104 valence electrons. The number of nitrogens with one attached hydrogen (secondary N) is 1. The molecule has 1 aromatic heterocycles. The third-order valence-corrected chi connectivity index (χ3v) is 3.82. The van der Waals surface area contributed by atoms with Crippen LogP contribution < -0.4 is 10.1 Å². The van der Waals surface area contributed by atoms with Crippen LogP contribution in [0.5, 0.6) is 5.75 Å². The van der Waals surface area contributed by atoms with E-state index in [2.05, 4.69) is 21.5 Å². The maximum atomic E-state index is 5.50. The van der Waals surface area contributed by atoms with Crippen molar-refractivity contribution in [1.82, 2.24) is 15.5 Å². The summed E-state index contributed by atoms with van der Waals surface area (Å²) in [6.07, 6.45) is 3.65. The van der Waals surface area contributed by atoms with E-state index in [4.69, 9.17) is 9.26 Å². The molecule has 0 amide bonds. The number of ether oxygens (including phenoxy) is 1. The highest BCUT2D eigenvalue weighted by atomic mass is 16.5. The van der Waals surface area contributed by atoms with Crippen molar-refractivity contribution in [2.24, 2.45) is 5.92 Å². The van der Waals surface area contributed by atoms with Gasteiger partial charge in [0.15, 0.2) is 0 Å². The smallest absolute Gasteiger partial charge is 0.240 e. The van der Waals surface area contributed by atoms with Crippen LogP contribution in [0.15, 0.2) is 22.7 Å². The Hall–Kier alpha value is -1.88. The summed E-state index contributed by atoms with van der Waals surface area (Å²) in [4.78, 5) is 4.44. The molecule has 20 heavy (non-hydrogen) atoms. The van der Waals surface area contributed by atoms with E-state index in [9.17, 15) is 0 Å². The average molecular weight is 271 g/mol. The van der Waals surface area contributed by atoms with Gasteiger partial charge in [-0.25, -0.2) is 0 Å². The zero-order valence-corrected chi connectivity index (χ0v) is 11.3. The van der Waals surface area contributed by atoms with Gasteiger partial charge in [0.25, 0.3) is 0 Å². The minimum Gasteiger partial charge on any atom is -0.493 e. The second kappa shape index (κ2) is 4.90. The minimum absolute atomic E-state index is 0.650. The summed E-state index contributed by atoms with van der Waals surface area (Å²) in [5, 5.41) is 7.41. The molecule has 1 fully saturated rings. The van der Waals surface area contributed by atoms with E-state index in [0.29, 0.717) is 18.3 Å². The van der Waals surface area contributed by atoms with Crippen LogP contribution in [0.2, 0.25) is 0 Å². The van der Waals surface area contributed by atoms with Crippen LogP contribution in [0.3, 0.4) is 0 Å². The summed E-state index contributed by atoms with van der Waals surface area (Å²) in [6.45, 7) is 2.47. The van der Waals surface area contributed by atoms with Crippen LogP contribution in [-0.4, -0.2) is 23.3 Å². The normalized spacial score (nSPS) is 17.0. The molecule has 5 nitrogen and oxygen atoms in total. The van der Waals surface area contributed by atoms with E-state index < -0.39 is 0 Å². The van der Waals surface area contributed by atoms with Crippen LogP contribution in [0.4, 0.5) is 0 Å². The lowest BCUT2D eigenvalue weighted by molar-refractivity contribution is 0.357. The number of nitrogens with zero attached hydrogens (tertiary/aromatic N) is 2.